The van der Waals surface area contributed by atoms with E-state index < -0.39 is 154 Å². The summed E-state index contributed by atoms with van der Waals surface area (Å²) in [5, 5.41) is 83.2. The Hall–Kier alpha value is -7.66. The van der Waals surface area contributed by atoms with Crippen LogP contribution >= 0.6 is 0 Å². The summed E-state index contributed by atoms with van der Waals surface area (Å²) in [6.07, 6.45) is -6.33. The van der Waals surface area contributed by atoms with Gasteiger partial charge in [0.2, 0.25) is 11.6 Å². The van der Waals surface area contributed by atoms with Crippen LogP contribution in [0, 0.1) is 46.5 Å². The van der Waals surface area contributed by atoms with Gasteiger partial charge in [-0.25, -0.2) is 31.3 Å². The van der Waals surface area contributed by atoms with Gasteiger partial charge in [-0.1, -0.05) is 24.3 Å². The predicted octanol–water partition coefficient (Wildman–Crippen LogP) is 8.46. The van der Waals surface area contributed by atoms with Crippen LogP contribution < -0.4 is 4.74 Å². The van der Waals surface area contributed by atoms with E-state index in [-0.39, 0.29) is 61.7 Å². The van der Waals surface area contributed by atoms with Crippen LogP contribution in [0.25, 0.3) is 78.7 Å². The van der Waals surface area contributed by atoms with Gasteiger partial charge in [0.25, 0.3) is 0 Å². The van der Waals surface area contributed by atoms with E-state index in [1.807, 2.05) is 0 Å². The summed E-state index contributed by atoms with van der Waals surface area (Å²) < 4.78 is 136. The number of aromatic hydroxyl groups is 2. The number of hydrogen-bond donors (Lipinski definition) is 10. The Morgan fingerprint density at radius 2 is 0.958 bits per heavy atom. The molecule has 0 fully saturated rings. The first kappa shape index (κ1) is 49.3. The molecule has 0 spiro atoms. The van der Waals surface area contributed by atoms with Gasteiger partial charge in [0.15, 0.2) is 40.7 Å². The van der Waals surface area contributed by atoms with E-state index >= 15 is 35.1 Å². The molecule has 72 heavy (non-hydrogen) atoms. The van der Waals surface area contributed by atoms with Gasteiger partial charge < -0.3 is 55.6 Å². The van der Waals surface area contributed by atoms with Crippen molar-refractivity contribution in [3.63, 3.8) is 0 Å². The number of aliphatic hydroxyl groups excluding tert-OH is 6. The topological polar surface area (TPSA) is 228 Å². The van der Waals surface area contributed by atoms with Gasteiger partial charge in [0.05, 0.1) is 53.2 Å². The average molecular weight is 1000 g/mol. The lowest BCUT2D eigenvalue weighted by Gasteiger charge is -2.16. The summed E-state index contributed by atoms with van der Waals surface area (Å²) in [5.74, 6) is -18.1. The van der Waals surface area contributed by atoms with Crippen molar-refractivity contribution >= 4 is 34.2 Å². The zero-order chi connectivity index (χ0) is 51.4. The number of aromatic amines is 2. The van der Waals surface area contributed by atoms with E-state index in [1.54, 1.807) is 0 Å². The highest BCUT2D eigenvalue weighted by Gasteiger charge is 2.38. The van der Waals surface area contributed by atoms with Gasteiger partial charge in [-0.15, -0.1) is 0 Å². The van der Waals surface area contributed by atoms with Crippen LogP contribution in [0.2, 0.25) is 0 Å². The van der Waals surface area contributed by atoms with Crippen LogP contribution in [-0.2, 0) is 6.42 Å². The van der Waals surface area contributed by atoms with Crippen molar-refractivity contribution in [2.75, 3.05) is 19.8 Å². The summed E-state index contributed by atoms with van der Waals surface area (Å²) in [7, 11) is 0. The lowest BCUT2D eigenvalue weighted by molar-refractivity contribution is 0.0259. The molecule has 8 bridgehead atoms. The summed E-state index contributed by atoms with van der Waals surface area (Å²) >= 11 is 0. The monoisotopic (exact) mass is 1000 g/mol. The fraction of sp³-hybridized carbons (Fsp3) is 0.176. The van der Waals surface area contributed by atoms with Crippen LogP contribution in [0.4, 0.5) is 35.1 Å². The van der Waals surface area contributed by atoms with Crippen LogP contribution in [-0.4, -0.2) is 92.8 Å². The fourth-order valence-electron chi connectivity index (χ4n) is 8.70. The number of nitrogens with one attached hydrogen (secondary N) is 2. The zero-order valence-electron chi connectivity index (χ0n) is 36.8. The van der Waals surface area contributed by atoms with Gasteiger partial charge in [-0.2, -0.15) is 8.78 Å². The highest BCUT2D eigenvalue weighted by atomic mass is 19.2. The normalized spacial score (nSPS) is 15.3. The second kappa shape index (κ2) is 19.5. The number of aromatic nitrogens is 4. The quantitative estimate of drug-likeness (QED) is 0.0413. The maximum absolute atomic E-state index is 16.6. The minimum absolute atomic E-state index is 0.00462. The second-order valence-electron chi connectivity index (χ2n) is 16.8. The Labute approximate surface area is 400 Å². The third kappa shape index (κ3) is 8.58. The first-order valence-corrected chi connectivity index (χ1v) is 21.8. The predicted molar refractivity (Wildman–Crippen MR) is 245 cm³/mol. The first-order chi connectivity index (χ1) is 34.4. The van der Waals surface area contributed by atoms with E-state index in [0.717, 1.165) is 12.1 Å². The van der Waals surface area contributed by atoms with Crippen molar-refractivity contribution in [2.24, 2.45) is 0 Å². The molecule has 21 heteroatoms. The van der Waals surface area contributed by atoms with Gasteiger partial charge in [0, 0.05) is 49.9 Å². The van der Waals surface area contributed by atoms with E-state index in [0.29, 0.717) is 0 Å². The molecule has 13 nitrogen and oxygen atoms in total. The van der Waals surface area contributed by atoms with Gasteiger partial charge in [-0.3, -0.25) is 4.98 Å². The number of aliphatic hydroxyl groups is 6. The molecular weight excluding hydrogens is 965 g/mol. The largest absolute Gasteiger partial charge is 0.508 e. The molecule has 7 aromatic rings. The molecule has 10 N–H and O–H groups in total. The molecule has 4 atom stereocenters. The Balaban J connectivity index is 1.47. The summed E-state index contributed by atoms with van der Waals surface area (Å²) in [6.45, 7) is -2.76. The average Bonchev–Trinajstić information content (AvgIpc) is 4.20. The number of H-pyrrole nitrogens is 2. The Morgan fingerprint density at radius 1 is 0.514 bits per heavy atom. The van der Waals surface area contributed by atoms with E-state index in [1.165, 1.54) is 72.8 Å². The molecule has 0 amide bonds. The highest BCUT2D eigenvalue weighted by molar-refractivity contribution is 5.98. The Bertz CT molecular complexity index is 3470. The number of fused-ring (bicyclic) bond motifs is 8. The number of ether oxygens (including phenoxy) is 1. The second-order valence-corrected chi connectivity index (χ2v) is 16.8. The van der Waals surface area contributed by atoms with Crippen LogP contribution in [0.1, 0.15) is 47.0 Å². The fourth-order valence-corrected chi connectivity index (χ4v) is 8.70. The highest BCUT2D eigenvalue weighted by Crippen LogP contribution is 2.47. The number of phenols is 2. The molecular formula is C51H38F8N4O9. The number of hydrogen-bond acceptors (Lipinski definition) is 11. The van der Waals surface area contributed by atoms with Crippen LogP contribution in [0.5, 0.6) is 17.2 Å². The zero-order valence-corrected chi connectivity index (χ0v) is 36.8. The summed E-state index contributed by atoms with van der Waals surface area (Å²) in [4.78, 5) is 14.9. The minimum Gasteiger partial charge on any atom is -0.508 e. The summed E-state index contributed by atoms with van der Waals surface area (Å²) in [6, 6.07) is 15.5. The van der Waals surface area contributed by atoms with Gasteiger partial charge in [-0.05, 0) is 84.7 Å². The van der Waals surface area contributed by atoms with E-state index in [9.17, 15) is 40.9 Å². The molecule has 372 valence electrons. The molecule has 0 saturated carbocycles. The van der Waals surface area contributed by atoms with Crippen molar-refractivity contribution in [1.29, 1.82) is 0 Å². The molecule has 0 aliphatic carbocycles. The van der Waals surface area contributed by atoms with Gasteiger partial charge in [0.1, 0.15) is 36.4 Å². The first-order valence-electron chi connectivity index (χ1n) is 21.8. The molecule has 0 radical (unpaired) electrons. The molecule has 3 aromatic heterocycles. The van der Waals surface area contributed by atoms with Crippen molar-refractivity contribution in [3.8, 4) is 61.8 Å². The standard InChI is InChI=1S/C51H38F8N4O9/c52-39-26(8-7-24(68)17-64)40(53)42(55)37(41(39)54)35-30-12-9-27(60-30)33(20-3-1-5-22(66)15-20)28-10-14-32(61-28)36(38-43(56)45(58)51(46(59)44(38)57)72-19-25(69)18-65)48-50(71)49(70)47(63-48)34(29-11-13-31(35)62-29)21-4-2-6-23(67)16-21/h1-6,9-16,24-25,49-50,61-62,64-71H,7-8,17-19H2. The van der Waals surface area contributed by atoms with Crippen molar-refractivity contribution in [2.45, 2.75) is 37.3 Å². The van der Waals surface area contributed by atoms with Gasteiger partial charge >= 0.3 is 0 Å². The smallest absolute Gasteiger partial charge is 0.204 e. The van der Waals surface area contributed by atoms with E-state index in [2.05, 4.69) is 19.9 Å². The van der Waals surface area contributed by atoms with Crippen LogP contribution in [0.15, 0.2) is 72.8 Å². The molecule has 2 aliphatic heterocycles. The molecule has 0 saturated heterocycles. The van der Waals surface area contributed by atoms with E-state index in [4.69, 9.17) is 4.74 Å². The minimum atomic E-state index is -2.29. The molecule has 4 unspecified atom stereocenters. The van der Waals surface area contributed by atoms with Crippen molar-refractivity contribution in [1.82, 2.24) is 19.9 Å². The number of phenolic OH excluding ortho intramolecular Hbond substituents is 2. The Morgan fingerprint density at radius 3 is 1.49 bits per heavy atom. The number of benzene rings is 4. The van der Waals surface area contributed by atoms with Crippen LogP contribution in [0.3, 0.4) is 0 Å². The molecule has 2 aliphatic rings. The van der Waals surface area contributed by atoms with Crippen molar-refractivity contribution < 1.29 is 80.7 Å². The molecule has 9 rings (SSSR count). The lowest BCUT2D eigenvalue weighted by atomic mass is 9.96. The maximum atomic E-state index is 16.6. The summed E-state index contributed by atoms with van der Waals surface area (Å²) in [5.41, 5.74) is -7.98. The third-order valence-corrected chi connectivity index (χ3v) is 12.1. The number of nitrogens with zero attached hydrogens (tertiary/aromatic N) is 2. The molecule has 4 aromatic carbocycles. The maximum Gasteiger partial charge on any atom is 0.204 e. The number of halogens is 8. The Kier molecular flexibility index (Phi) is 13.4. The molecule has 5 heterocycles. The number of rotatable bonds is 12. The van der Waals surface area contributed by atoms with Crippen molar-refractivity contribution in [3.05, 3.63) is 148 Å². The lowest BCUT2D eigenvalue weighted by Crippen LogP contribution is -2.22. The third-order valence-electron chi connectivity index (χ3n) is 12.1. The SMILES string of the molecule is OCC(O)CCc1c(F)c(F)c(-c2c3nc(c(-c4cccc(O)c4)c4ccc([nH]4)c(-c4c(F)c(F)c(OCC(O)CO)c(F)c4F)c4nc(c(-c5cccc(O)c5)c5ccc2[nH]5)C(O)C4O)C=C3)c(F)c1F.